The van der Waals surface area contributed by atoms with E-state index in [2.05, 4.69) is 5.10 Å². The van der Waals surface area contributed by atoms with Gasteiger partial charge in [0.05, 0.1) is 12.5 Å². The van der Waals surface area contributed by atoms with Crippen molar-refractivity contribution in [1.29, 1.82) is 0 Å². The van der Waals surface area contributed by atoms with E-state index >= 15 is 0 Å². The molecule has 2 aliphatic rings. The number of aryl methyl sites for hydroxylation is 1. The Labute approximate surface area is 225 Å². The Bertz CT molecular complexity index is 1400. The number of hydrogen-bond acceptors (Lipinski definition) is 6. The maximum atomic E-state index is 15.0. The predicted octanol–water partition coefficient (Wildman–Crippen LogP) is 3.07. The largest absolute Gasteiger partial charge is 0.376 e. The lowest BCUT2D eigenvalue weighted by Crippen LogP contribution is -2.57. The van der Waals surface area contributed by atoms with Crippen LogP contribution in [0.25, 0.3) is 0 Å². The van der Waals surface area contributed by atoms with Gasteiger partial charge in [-0.05, 0) is 23.3 Å². The molecule has 3 heterocycles. The van der Waals surface area contributed by atoms with Gasteiger partial charge in [-0.25, -0.2) is 13.5 Å². The maximum Gasteiger partial charge on any atom is 0.266 e. The Morgan fingerprint density at radius 2 is 1.79 bits per heavy atom. The van der Waals surface area contributed by atoms with E-state index in [0.29, 0.717) is 25.3 Å². The average molecular weight is 539 g/mol. The van der Waals surface area contributed by atoms with Gasteiger partial charge >= 0.3 is 0 Å². The van der Waals surface area contributed by atoms with Crippen molar-refractivity contribution in [3.05, 3.63) is 93.8 Å². The molecule has 1 amide bonds. The molecule has 2 aliphatic heterocycles. The van der Waals surface area contributed by atoms with Gasteiger partial charge in [-0.1, -0.05) is 36.4 Å². The Hall–Kier alpha value is -3.63. The Balaban J connectivity index is 1.45. The average Bonchev–Trinajstić information content (AvgIpc) is 3.39. The highest BCUT2D eigenvalue weighted by atomic mass is 19.1. The lowest BCUT2D eigenvalue weighted by atomic mass is 9.80. The van der Waals surface area contributed by atoms with Crippen molar-refractivity contribution < 1.29 is 23.0 Å². The van der Waals surface area contributed by atoms with Crippen LogP contribution in [-0.4, -0.2) is 67.1 Å². The molecule has 39 heavy (non-hydrogen) atoms. The third kappa shape index (κ3) is 4.94. The van der Waals surface area contributed by atoms with Gasteiger partial charge in [0.1, 0.15) is 29.2 Å². The van der Waals surface area contributed by atoms with Gasteiger partial charge in [-0.15, -0.1) is 0 Å². The van der Waals surface area contributed by atoms with Crippen molar-refractivity contribution in [2.24, 2.45) is 13.0 Å². The summed E-state index contributed by atoms with van der Waals surface area (Å²) in [7, 11) is 4.81. The van der Waals surface area contributed by atoms with Crippen molar-refractivity contribution in [2.45, 2.75) is 24.0 Å². The first-order chi connectivity index (χ1) is 18.8. The van der Waals surface area contributed by atoms with Crippen LogP contribution in [0.2, 0.25) is 0 Å². The topological polar surface area (TPSA) is 76.9 Å². The highest BCUT2D eigenvalue weighted by Gasteiger charge is 2.49. The van der Waals surface area contributed by atoms with Crippen LogP contribution >= 0.6 is 0 Å². The SMILES string of the molecule is CO[C@H]1CN(C(=O)[C@@H]2CN(c3ccc(=O)n(C)n3)C[C@H]2c2ccc(F)cc2F)CC[C@]1(OC)c1ccccc1. The summed E-state index contributed by atoms with van der Waals surface area (Å²) in [6.45, 7) is 1.28. The first-order valence-corrected chi connectivity index (χ1v) is 12.9. The molecule has 4 atom stereocenters. The zero-order valence-electron chi connectivity index (χ0n) is 22.2. The normalized spacial score (nSPS) is 25.2. The van der Waals surface area contributed by atoms with Crippen LogP contribution in [0.15, 0.2) is 65.5 Å². The fourth-order valence-corrected chi connectivity index (χ4v) is 6.02. The number of aromatic nitrogens is 2. The highest BCUT2D eigenvalue weighted by Crippen LogP contribution is 2.41. The number of piperidine rings is 1. The van der Waals surface area contributed by atoms with Crippen LogP contribution < -0.4 is 10.5 Å². The number of carbonyl (C=O) groups excluding carboxylic acids is 1. The number of methoxy groups -OCH3 is 2. The van der Waals surface area contributed by atoms with Crippen LogP contribution in [-0.2, 0) is 26.9 Å². The van der Waals surface area contributed by atoms with Crippen molar-refractivity contribution in [3.8, 4) is 0 Å². The minimum Gasteiger partial charge on any atom is -0.376 e. The number of nitrogens with zero attached hydrogens (tertiary/aromatic N) is 4. The molecule has 3 aromatic rings. The molecule has 0 aliphatic carbocycles. The molecule has 2 aromatic carbocycles. The minimum absolute atomic E-state index is 0.143. The fourth-order valence-electron chi connectivity index (χ4n) is 6.02. The van der Waals surface area contributed by atoms with Crippen LogP contribution in [0.1, 0.15) is 23.5 Å². The molecule has 8 nitrogen and oxygen atoms in total. The van der Waals surface area contributed by atoms with Gasteiger partial charge in [0.15, 0.2) is 0 Å². The van der Waals surface area contributed by atoms with E-state index in [0.717, 1.165) is 11.6 Å². The third-order valence-corrected chi connectivity index (χ3v) is 8.15. The highest BCUT2D eigenvalue weighted by molar-refractivity contribution is 5.82. The molecule has 206 valence electrons. The summed E-state index contributed by atoms with van der Waals surface area (Å²) >= 11 is 0. The molecule has 0 radical (unpaired) electrons. The smallest absolute Gasteiger partial charge is 0.266 e. The quantitative estimate of drug-likeness (QED) is 0.480. The van der Waals surface area contributed by atoms with Gasteiger partial charge in [-0.2, -0.15) is 5.10 Å². The van der Waals surface area contributed by atoms with Crippen LogP contribution in [0.5, 0.6) is 0 Å². The summed E-state index contributed by atoms with van der Waals surface area (Å²) in [6, 6.07) is 16.3. The van der Waals surface area contributed by atoms with E-state index in [1.54, 1.807) is 32.2 Å². The second-order valence-electron chi connectivity index (χ2n) is 10.2. The summed E-state index contributed by atoms with van der Waals surface area (Å²) < 4.78 is 41.9. The van der Waals surface area contributed by atoms with Crippen molar-refractivity contribution >= 4 is 11.7 Å². The van der Waals surface area contributed by atoms with E-state index in [4.69, 9.17) is 9.47 Å². The number of amides is 1. The molecular weight excluding hydrogens is 506 g/mol. The molecule has 0 spiro atoms. The number of ether oxygens (including phenoxy) is 2. The molecule has 0 N–H and O–H groups in total. The van der Waals surface area contributed by atoms with E-state index in [-0.39, 0.29) is 30.1 Å². The number of halogens is 2. The van der Waals surface area contributed by atoms with Crippen molar-refractivity contribution in [3.63, 3.8) is 0 Å². The number of likely N-dealkylation sites (tertiary alicyclic amines) is 1. The zero-order valence-corrected chi connectivity index (χ0v) is 22.2. The van der Waals surface area contributed by atoms with Crippen LogP contribution in [0, 0.1) is 17.6 Å². The minimum atomic E-state index is -0.713. The number of hydrogen-bond donors (Lipinski definition) is 0. The molecule has 0 bridgehead atoms. The molecular formula is C29H32F2N4O4. The molecule has 2 fully saturated rings. The second-order valence-corrected chi connectivity index (χ2v) is 10.2. The Morgan fingerprint density at radius 3 is 2.46 bits per heavy atom. The maximum absolute atomic E-state index is 15.0. The predicted molar refractivity (Wildman–Crippen MR) is 141 cm³/mol. The van der Waals surface area contributed by atoms with Gasteiger partial charge in [0.2, 0.25) is 5.91 Å². The summed E-state index contributed by atoms with van der Waals surface area (Å²) in [5, 5.41) is 4.33. The Kier molecular flexibility index (Phi) is 7.51. The number of anilines is 1. The van der Waals surface area contributed by atoms with E-state index < -0.39 is 35.2 Å². The summed E-state index contributed by atoms with van der Waals surface area (Å²) in [5.74, 6) is -2.16. The third-order valence-electron chi connectivity index (χ3n) is 8.15. The van der Waals surface area contributed by atoms with Crippen molar-refractivity contribution in [2.75, 3.05) is 45.3 Å². The molecule has 0 unspecified atom stereocenters. The first-order valence-electron chi connectivity index (χ1n) is 12.9. The van der Waals surface area contributed by atoms with Crippen LogP contribution in [0.4, 0.5) is 14.6 Å². The Morgan fingerprint density at radius 1 is 1.03 bits per heavy atom. The summed E-state index contributed by atoms with van der Waals surface area (Å²) in [5.41, 5.74) is 0.282. The molecule has 0 saturated carbocycles. The lowest BCUT2D eigenvalue weighted by molar-refractivity contribution is -0.170. The van der Waals surface area contributed by atoms with Gasteiger partial charge in [0, 0.05) is 65.4 Å². The molecule has 2 saturated heterocycles. The fraction of sp³-hybridized carbons (Fsp3) is 0.414. The summed E-state index contributed by atoms with van der Waals surface area (Å²) in [6.07, 6.45) is 0.0954. The monoisotopic (exact) mass is 538 g/mol. The number of benzene rings is 2. The van der Waals surface area contributed by atoms with E-state index in [1.165, 1.54) is 22.9 Å². The standard InChI is InChI=1S/C29H32F2N4O4/c1-33-27(36)12-11-26(32-33)35-16-22(21-10-9-20(30)15-24(21)31)23(17-35)28(37)34-14-13-29(39-3,25(18-34)38-2)19-7-5-4-6-8-19/h4-12,15,22-23,25H,13-14,16-18H2,1-3H3/t22-,23+,25-,29-/m0/s1. The second kappa shape index (κ2) is 10.9. The first kappa shape index (κ1) is 27.0. The summed E-state index contributed by atoms with van der Waals surface area (Å²) in [4.78, 5) is 29.6. The number of carbonyl (C=O) groups is 1. The van der Waals surface area contributed by atoms with Gasteiger partial charge in [0.25, 0.3) is 5.56 Å². The van der Waals surface area contributed by atoms with Gasteiger partial charge in [-0.3, -0.25) is 9.59 Å². The molecule has 10 heteroatoms. The zero-order chi connectivity index (χ0) is 27.7. The lowest BCUT2D eigenvalue weighted by Gasteiger charge is -2.47. The molecule has 5 rings (SSSR count). The number of rotatable bonds is 6. The van der Waals surface area contributed by atoms with Crippen LogP contribution in [0.3, 0.4) is 0 Å². The molecule has 1 aromatic heterocycles. The van der Waals surface area contributed by atoms with Crippen molar-refractivity contribution in [1.82, 2.24) is 14.7 Å². The van der Waals surface area contributed by atoms with Gasteiger partial charge < -0.3 is 19.3 Å². The van der Waals surface area contributed by atoms with E-state index in [9.17, 15) is 18.4 Å². The van der Waals surface area contributed by atoms with E-state index in [1.807, 2.05) is 35.2 Å².